The van der Waals surface area contributed by atoms with Crippen molar-refractivity contribution in [1.29, 1.82) is 0 Å². The van der Waals surface area contributed by atoms with Crippen LogP contribution >= 0.6 is 31.9 Å². The minimum Gasteiger partial charge on any atom is -0.392 e. The number of aliphatic hydroxyl groups is 1. The summed E-state index contributed by atoms with van der Waals surface area (Å²) in [7, 11) is 0. The van der Waals surface area contributed by atoms with E-state index >= 15 is 0 Å². The molecule has 2 aliphatic carbocycles. The summed E-state index contributed by atoms with van der Waals surface area (Å²) in [6, 6.07) is 0. The minimum absolute atomic E-state index is 0.0000926. The van der Waals surface area contributed by atoms with E-state index in [1.807, 2.05) is 4.99 Å². The summed E-state index contributed by atoms with van der Waals surface area (Å²) < 4.78 is 0. The number of alkyl halides is 1. The zero-order chi connectivity index (χ0) is 13.6. The molecule has 3 heteroatoms. The Kier molecular flexibility index (Phi) is 3.97. The molecule has 1 fully saturated rings. The van der Waals surface area contributed by atoms with E-state index in [4.69, 9.17) is 0 Å². The van der Waals surface area contributed by atoms with E-state index < -0.39 is 0 Å². The molecule has 1 spiro atoms. The van der Waals surface area contributed by atoms with Crippen molar-refractivity contribution in [3.63, 3.8) is 0 Å². The smallest absolute Gasteiger partial charge is 0.0708 e. The summed E-state index contributed by atoms with van der Waals surface area (Å²) in [5, 5.41) is 10.1. The molecule has 2 rings (SSSR count). The van der Waals surface area contributed by atoms with Gasteiger partial charge in [0.15, 0.2) is 0 Å². The molecule has 2 aliphatic rings. The van der Waals surface area contributed by atoms with E-state index in [2.05, 4.69) is 64.4 Å². The SMILES string of the molecule is C=C1C[C@H](O)[C@H](Br)C(C)(C)[C@@]12C=CC(=CBr)CC2. The lowest BCUT2D eigenvalue weighted by atomic mass is 9.52. The van der Waals surface area contributed by atoms with Crippen molar-refractivity contribution in [1.82, 2.24) is 0 Å². The molecule has 1 saturated carbocycles. The van der Waals surface area contributed by atoms with Gasteiger partial charge < -0.3 is 5.11 Å². The van der Waals surface area contributed by atoms with E-state index in [0.717, 1.165) is 12.8 Å². The van der Waals surface area contributed by atoms with E-state index in [0.29, 0.717) is 6.42 Å². The second kappa shape index (κ2) is 4.92. The lowest BCUT2D eigenvalue weighted by Gasteiger charge is -2.55. The minimum atomic E-state index is -0.334. The van der Waals surface area contributed by atoms with Crippen LogP contribution in [-0.2, 0) is 0 Å². The number of hydrogen-bond acceptors (Lipinski definition) is 1. The van der Waals surface area contributed by atoms with Gasteiger partial charge in [0.1, 0.15) is 0 Å². The number of rotatable bonds is 0. The molecule has 0 amide bonds. The van der Waals surface area contributed by atoms with Crippen LogP contribution in [0.1, 0.15) is 33.1 Å². The summed E-state index contributed by atoms with van der Waals surface area (Å²) in [6.45, 7) is 8.72. The van der Waals surface area contributed by atoms with Crippen LogP contribution in [0.25, 0.3) is 0 Å². The van der Waals surface area contributed by atoms with Gasteiger partial charge in [0, 0.05) is 10.2 Å². The van der Waals surface area contributed by atoms with Crippen molar-refractivity contribution >= 4 is 31.9 Å². The van der Waals surface area contributed by atoms with Gasteiger partial charge in [-0.25, -0.2) is 0 Å². The third kappa shape index (κ3) is 1.99. The van der Waals surface area contributed by atoms with Gasteiger partial charge in [0.2, 0.25) is 0 Å². The Balaban J connectivity index is 2.45. The molecular weight excluding hydrogens is 356 g/mol. The van der Waals surface area contributed by atoms with Gasteiger partial charge >= 0.3 is 0 Å². The fourth-order valence-corrected chi connectivity index (χ4v) is 4.38. The summed E-state index contributed by atoms with van der Waals surface area (Å²) in [4.78, 5) is 2.10. The third-order valence-electron chi connectivity index (χ3n) is 4.79. The van der Waals surface area contributed by atoms with Gasteiger partial charge in [0.25, 0.3) is 0 Å². The van der Waals surface area contributed by atoms with Gasteiger partial charge in [0.05, 0.1) is 6.10 Å². The molecule has 1 N–H and O–H groups in total. The first-order chi connectivity index (χ1) is 8.35. The standard InChI is InChI=1S/C15H20Br2O/c1-10-8-12(18)13(17)14(2,3)15(10)6-4-11(9-16)5-7-15/h4,6,9,12-13,18H,1,5,7-8H2,2-3H3/t12-,13-,15+/m0/s1. The lowest BCUT2D eigenvalue weighted by molar-refractivity contribution is 0.0288. The Labute approximate surface area is 126 Å². The largest absolute Gasteiger partial charge is 0.392 e. The highest BCUT2D eigenvalue weighted by atomic mass is 79.9. The van der Waals surface area contributed by atoms with E-state index in [-0.39, 0.29) is 21.8 Å². The van der Waals surface area contributed by atoms with Gasteiger partial charge in [-0.15, -0.1) is 0 Å². The molecule has 0 aromatic rings. The first-order valence-electron chi connectivity index (χ1n) is 6.34. The van der Waals surface area contributed by atoms with Crippen LogP contribution in [0.2, 0.25) is 0 Å². The molecule has 0 radical (unpaired) electrons. The summed E-state index contributed by atoms with van der Waals surface area (Å²) >= 11 is 7.10. The summed E-state index contributed by atoms with van der Waals surface area (Å²) in [6.07, 6.45) is 6.98. The molecule has 1 nitrogen and oxygen atoms in total. The van der Waals surface area contributed by atoms with Gasteiger partial charge in [-0.3, -0.25) is 0 Å². The second-order valence-electron chi connectivity index (χ2n) is 5.99. The highest BCUT2D eigenvalue weighted by Crippen LogP contribution is 2.60. The molecule has 3 atom stereocenters. The fourth-order valence-electron chi connectivity index (χ4n) is 3.40. The molecule has 0 unspecified atom stereocenters. The van der Waals surface area contributed by atoms with Gasteiger partial charge in [-0.05, 0) is 35.2 Å². The Morgan fingerprint density at radius 2 is 2.17 bits per heavy atom. The molecular formula is C15H20Br2O. The van der Waals surface area contributed by atoms with Crippen molar-refractivity contribution in [2.45, 2.75) is 44.0 Å². The normalized spacial score (nSPS) is 41.6. The van der Waals surface area contributed by atoms with E-state index in [9.17, 15) is 5.11 Å². The Morgan fingerprint density at radius 3 is 2.67 bits per heavy atom. The van der Waals surface area contributed by atoms with Crippen LogP contribution in [0.5, 0.6) is 0 Å². The molecule has 100 valence electrons. The van der Waals surface area contributed by atoms with Gasteiger partial charge in [-0.2, -0.15) is 0 Å². The topological polar surface area (TPSA) is 20.2 Å². The zero-order valence-electron chi connectivity index (χ0n) is 10.9. The van der Waals surface area contributed by atoms with Crippen molar-refractivity contribution in [3.05, 3.63) is 34.9 Å². The van der Waals surface area contributed by atoms with Crippen LogP contribution in [0.4, 0.5) is 0 Å². The van der Waals surface area contributed by atoms with Crippen LogP contribution in [0, 0.1) is 10.8 Å². The number of halogens is 2. The average Bonchev–Trinajstić information content (AvgIpc) is 2.35. The van der Waals surface area contributed by atoms with Crippen molar-refractivity contribution in [2.75, 3.05) is 0 Å². The van der Waals surface area contributed by atoms with Crippen LogP contribution in [0.3, 0.4) is 0 Å². The molecule has 0 aromatic heterocycles. The van der Waals surface area contributed by atoms with Crippen molar-refractivity contribution in [3.8, 4) is 0 Å². The Bertz CT molecular complexity index is 422. The van der Waals surface area contributed by atoms with Crippen LogP contribution in [0.15, 0.2) is 34.9 Å². The quantitative estimate of drug-likeness (QED) is 0.480. The Morgan fingerprint density at radius 1 is 1.50 bits per heavy atom. The van der Waals surface area contributed by atoms with Crippen molar-refractivity contribution in [2.24, 2.45) is 10.8 Å². The first kappa shape index (κ1) is 14.5. The van der Waals surface area contributed by atoms with Crippen molar-refractivity contribution < 1.29 is 5.11 Å². The highest BCUT2D eigenvalue weighted by Gasteiger charge is 2.54. The molecule has 0 bridgehead atoms. The number of hydrogen-bond donors (Lipinski definition) is 1. The first-order valence-corrected chi connectivity index (χ1v) is 8.17. The second-order valence-corrected chi connectivity index (χ2v) is 7.43. The fraction of sp³-hybridized carbons (Fsp3) is 0.600. The number of allylic oxidation sites excluding steroid dienone is 3. The maximum atomic E-state index is 10.1. The predicted octanol–water partition coefficient (Wildman–Crippen LogP) is 4.71. The zero-order valence-corrected chi connectivity index (χ0v) is 14.1. The Hall–Kier alpha value is 0.140. The molecule has 18 heavy (non-hydrogen) atoms. The molecule has 0 aromatic carbocycles. The molecule has 0 aliphatic heterocycles. The summed E-state index contributed by atoms with van der Waals surface area (Å²) in [5.41, 5.74) is 2.46. The summed E-state index contributed by atoms with van der Waals surface area (Å²) in [5.74, 6) is 0. The van der Waals surface area contributed by atoms with Crippen LogP contribution < -0.4 is 0 Å². The lowest BCUT2D eigenvalue weighted by Crippen LogP contribution is -2.53. The average molecular weight is 376 g/mol. The van der Waals surface area contributed by atoms with E-state index in [1.165, 1.54) is 11.1 Å². The number of aliphatic hydroxyl groups excluding tert-OH is 1. The monoisotopic (exact) mass is 374 g/mol. The maximum absolute atomic E-state index is 10.1. The van der Waals surface area contributed by atoms with E-state index in [1.54, 1.807) is 0 Å². The van der Waals surface area contributed by atoms with Gasteiger partial charge in [-0.1, -0.05) is 70.0 Å². The van der Waals surface area contributed by atoms with Crippen LogP contribution in [-0.4, -0.2) is 16.0 Å². The molecule has 0 heterocycles. The predicted molar refractivity (Wildman–Crippen MR) is 84.1 cm³/mol. The molecule has 0 saturated heterocycles. The third-order valence-corrected chi connectivity index (χ3v) is 7.14. The highest BCUT2D eigenvalue weighted by molar-refractivity contribution is 9.11. The maximum Gasteiger partial charge on any atom is 0.0708 e.